The van der Waals surface area contributed by atoms with E-state index in [9.17, 15) is 0 Å². The van der Waals surface area contributed by atoms with Crippen LogP contribution in [0.2, 0.25) is 0 Å². The van der Waals surface area contributed by atoms with Crippen LogP contribution >= 0.6 is 15.9 Å². The smallest absolute Gasteiger partial charge is 0.143 e. The van der Waals surface area contributed by atoms with E-state index < -0.39 is 0 Å². The Morgan fingerprint density at radius 1 is 1.46 bits per heavy atom. The van der Waals surface area contributed by atoms with Gasteiger partial charge < -0.3 is 10.5 Å². The maximum absolute atomic E-state index is 5.80. The van der Waals surface area contributed by atoms with E-state index in [1.54, 1.807) is 0 Å². The van der Waals surface area contributed by atoms with Gasteiger partial charge in [0.25, 0.3) is 0 Å². The summed E-state index contributed by atoms with van der Waals surface area (Å²) >= 11 is 3.35. The fraction of sp³-hybridized carbons (Fsp3) is 0.400. The van der Waals surface area contributed by atoms with Crippen molar-refractivity contribution >= 4 is 21.6 Å². The van der Waals surface area contributed by atoms with Gasteiger partial charge in [0.15, 0.2) is 0 Å². The van der Waals surface area contributed by atoms with Crippen LogP contribution in [0.25, 0.3) is 0 Å². The molecule has 1 rings (SSSR count). The summed E-state index contributed by atoms with van der Waals surface area (Å²) in [7, 11) is 0. The lowest BCUT2D eigenvalue weighted by Gasteiger charge is -2.11. The van der Waals surface area contributed by atoms with Crippen LogP contribution in [0.3, 0.4) is 0 Å². The highest BCUT2D eigenvalue weighted by molar-refractivity contribution is 9.10. The summed E-state index contributed by atoms with van der Waals surface area (Å²) in [5, 5.41) is 0. The van der Waals surface area contributed by atoms with E-state index in [-0.39, 0.29) is 0 Å². The minimum atomic E-state index is 0.512. The molecule has 1 aromatic carbocycles. The van der Waals surface area contributed by atoms with Crippen LogP contribution in [0.5, 0.6) is 5.75 Å². The zero-order valence-corrected chi connectivity index (χ0v) is 9.47. The molecule has 72 valence electrons. The van der Waals surface area contributed by atoms with Gasteiger partial charge in [-0.2, -0.15) is 0 Å². The molecular weight excluding hydrogens is 230 g/mol. The Labute approximate surface area is 87.2 Å². The van der Waals surface area contributed by atoms with Crippen molar-refractivity contribution in [1.82, 2.24) is 0 Å². The maximum atomic E-state index is 5.80. The summed E-state index contributed by atoms with van der Waals surface area (Å²) in [6, 6.07) is 5.69. The van der Waals surface area contributed by atoms with E-state index in [0.717, 1.165) is 10.2 Å². The van der Waals surface area contributed by atoms with Crippen molar-refractivity contribution in [1.29, 1.82) is 0 Å². The third-order valence-electron chi connectivity index (χ3n) is 1.59. The van der Waals surface area contributed by atoms with Gasteiger partial charge in [-0.3, -0.25) is 0 Å². The average molecular weight is 244 g/mol. The highest BCUT2D eigenvalue weighted by Crippen LogP contribution is 2.29. The monoisotopic (exact) mass is 243 g/mol. The van der Waals surface area contributed by atoms with Gasteiger partial charge in [0.1, 0.15) is 5.75 Å². The van der Waals surface area contributed by atoms with Crippen molar-refractivity contribution in [3.05, 3.63) is 22.7 Å². The number of rotatable bonds is 3. The molecule has 0 saturated heterocycles. The highest BCUT2D eigenvalue weighted by atomic mass is 79.9. The van der Waals surface area contributed by atoms with Gasteiger partial charge in [-0.1, -0.05) is 19.9 Å². The van der Waals surface area contributed by atoms with Crippen LogP contribution < -0.4 is 10.5 Å². The summed E-state index contributed by atoms with van der Waals surface area (Å²) in [6.45, 7) is 4.91. The molecule has 0 unspecified atom stereocenters. The van der Waals surface area contributed by atoms with Gasteiger partial charge in [0.2, 0.25) is 0 Å². The zero-order chi connectivity index (χ0) is 9.84. The number of halogens is 1. The molecule has 0 heterocycles. The minimum absolute atomic E-state index is 0.512. The predicted octanol–water partition coefficient (Wildman–Crippen LogP) is 3.07. The lowest BCUT2D eigenvalue weighted by Crippen LogP contribution is -2.06. The Bertz CT molecular complexity index is 286. The summed E-state index contributed by atoms with van der Waals surface area (Å²) in [4.78, 5) is 0. The van der Waals surface area contributed by atoms with Crippen LogP contribution in [0, 0.1) is 5.92 Å². The number of para-hydroxylation sites is 1. The van der Waals surface area contributed by atoms with Crippen molar-refractivity contribution in [2.75, 3.05) is 12.3 Å². The Morgan fingerprint density at radius 3 is 2.77 bits per heavy atom. The number of hydrogen-bond acceptors (Lipinski definition) is 2. The number of ether oxygens (including phenoxy) is 1. The Balaban J connectivity index is 2.71. The molecule has 0 aliphatic carbocycles. The SMILES string of the molecule is CC(C)COc1cccc(Br)c1N. The standard InChI is InChI=1S/C10H14BrNO/c1-7(2)6-13-9-5-3-4-8(11)10(9)12/h3-5,7H,6,12H2,1-2H3. The molecule has 13 heavy (non-hydrogen) atoms. The van der Waals surface area contributed by atoms with E-state index in [4.69, 9.17) is 10.5 Å². The average Bonchev–Trinajstić information content (AvgIpc) is 2.07. The third kappa shape index (κ3) is 2.92. The van der Waals surface area contributed by atoms with E-state index >= 15 is 0 Å². The first kappa shape index (κ1) is 10.4. The van der Waals surface area contributed by atoms with Crippen molar-refractivity contribution in [2.24, 2.45) is 5.92 Å². The van der Waals surface area contributed by atoms with Gasteiger partial charge in [0, 0.05) is 4.47 Å². The molecule has 0 fully saturated rings. The van der Waals surface area contributed by atoms with Crippen molar-refractivity contribution in [3.63, 3.8) is 0 Å². The number of benzene rings is 1. The van der Waals surface area contributed by atoms with Gasteiger partial charge in [-0.15, -0.1) is 0 Å². The number of nitrogen functional groups attached to an aromatic ring is 1. The van der Waals surface area contributed by atoms with E-state index in [1.807, 2.05) is 18.2 Å². The summed E-state index contributed by atoms with van der Waals surface area (Å²) < 4.78 is 6.41. The molecule has 2 N–H and O–H groups in total. The fourth-order valence-electron chi connectivity index (χ4n) is 0.900. The molecular formula is C10H14BrNO. The predicted molar refractivity (Wildman–Crippen MR) is 58.9 cm³/mol. The zero-order valence-electron chi connectivity index (χ0n) is 7.88. The highest BCUT2D eigenvalue weighted by Gasteiger charge is 2.03. The van der Waals surface area contributed by atoms with E-state index in [1.165, 1.54) is 0 Å². The quantitative estimate of drug-likeness (QED) is 0.829. The lowest BCUT2D eigenvalue weighted by molar-refractivity contribution is 0.272. The summed E-state index contributed by atoms with van der Waals surface area (Å²) in [6.07, 6.45) is 0. The first-order chi connectivity index (χ1) is 6.11. The fourth-order valence-corrected chi connectivity index (χ4v) is 1.25. The van der Waals surface area contributed by atoms with Crippen LogP contribution in [0.1, 0.15) is 13.8 Å². The second-order valence-electron chi connectivity index (χ2n) is 3.36. The Kier molecular flexibility index (Phi) is 3.60. The van der Waals surface area contributed by atoms with Crippen LogP contribution in [0.4, 0.5) is 5.69 Å². The third-order valence-corrected chi connectivity index (χ3v) is 2.28. The molecule has 0 amide bonds. The first-order valence-electron chi connectivity index (χ1n) is 4.28. The normalized spacial score (nSPS) is 10.5. The molecule has 0 radical (unpaired) electrons. The number of anilines is 1. The first-order valence-corrected chi connectivity index (χ1v) is 5.07. The van der Waals surface area contributed by atoms with Gasteiger partial charge in [-0.05, 0) is 34.0 Å². The molecule has 0 spiro atoms. The molecule has 0 atom stereocenters. The lowest BCUT2D eigenvalue weighted by atomic mass is 10.2. The Morgan fingerprint density at radius 2 is 2.15 bits per heavy atom. The van der Waals surface area contributed by atoms with Gasteiger partial charge >= 0.3 is 0 Å². The Hall–Kier alpha value is -0.700. The molecule has 0 aliphatic rings. The topological polar surface area (TPSA) is 35.2 Å². The molecule has 3 heteroatoms. The maximum Gasteiger partial charge on any atom is 0.143 e. The minimum Gasteiger partial charge on any atom is -0.491 e. The van der Waals surface area contributed by atoms with Crippen molar-refractivity contribution in [3.8, 4) is 5.75 Å². The molecule has 0 aliphatic heterocycles. The molecule has 1 aromatic rings. The molecule has 0 aromatic heterocycles. The summed E-state index contributed by atoms with van der Waals surface area (Å²) in [5.41, 5.74) is 6.47. The van der Waals surface area contributed by atoms with Crippen molar-refractivity contribution < 1.29 is 4.74 Å². The number of nitrogens with two attached hydrogens (primary N) is 1. The second kappa shape index (κ2) is 4.51. The van der Waals surface area contributed by atoms with Crippen molar-refractivity contribution in [2.45, 2.75) is 13.8 Å². The van der Waals surface area contributed by atoms with E-state index in [2.05, 4.69) is 29.8 Å². The van der Waals surface area contributed by atoms with Gasteiger partial charge in [0.05, 0.1) is 12.3 Å². The van der Waals surface area contributed by atoms with Crippen LogP contribution in [-0.4, -0.2) is 6.61 Å². The largest absolute Gasteiger partial charge is 0.491 e. The molecule has 0 bridgehead atoms. The molecule has 0 saturated carbocycles. The van der Waals surface area contributed by atoms with Crippen LogP contribution in [-0.2, 0) is 0 Å². The van der Waals surface area contributed by atoms with Crippen LogP contribution in [0.15, 0.2) is 22.7 Å². The summed E-state index contributed by atoms with van der Waals surface area (Å²) in [5.74, 6) is 1.27. The second-order valence-corrected chi connectivity index (χ2v) is 4.21. The van der Waals surface area contributed by atoms with E-state index in [0.29, 0.717) is 18.2 Å². The number of hydrogen-bond donors (Lipinski definition) is 1. The molecule has 2 nitrogen and oxygen atoms in total. The van der Waals surface area contributed by atoms with Gasteiger partial charge in [-0.25, -0.2) is 0 Å².